The summed E-state index contributed by atoms with van der Waals surface area (Å²) < 4.78 is 5.86. The maximum atomic E-state index is 12.2. The zero-order valence-corrected chi connectivity index (χ0v) is 12.8. The molecule has 3 rings (SSSR count). The van der Waals surface area contributed by atoms with Gasteiger partial charge in [-0.2, -0.15) is 0 Å². The number of ketones is 1. The van der Waals surface area contributed by atoms with Crippen molar-refractivity contribution in [3.63, 3.8) is 0 Å². The Hall–Kier alpha value is -2.09. The van der Waals surface area contributed by atoms with Gasteiger partial charge in [0, 0.05) is 5.56 Å². The molecule has 0 N–H and O–H groups in total. The van der Waals surface area contributed by atoms with Crippen LogP contribution >= 0.6 is 0 Å². The molecule has 114 valence electrons. The third kappa shape index (κ3) is 3.56. The molecule has 0 heterocycles. The first kappa shape index (κ1) is 14.8. The van der Waals surface area contributed by atoms with Crippen molar-refractivity contribution in [3.05, 3.63) is 65.7 Å². The normalized spacial score (nSPS) is 15.5. The van der Waals surface area contributed by atoms with Gasteiger partial charge in [-0.1, -0.05) is 67.8 Å². The molecule has 2 heteroatoms. The van der Waals surface area contributed by atoms with Gasteiger partial charge in [0.2, 0.25) is 0 Å². The molecule has 2 nitrogen and oxygen atoms in total. The molecule has 1 saturated carbocycles. The quantitative estimate of drug-likeness (QED) is 0.726. The summed E-state index contributed by atoms with van der Waals surface area (Å²) in [6.45, 7) is 0.105. The van der Waals surface area contributed by atoms with Gasteiger partial charge in [0.05, 0.1) is 0 Å². The number of hydrogen-bond acceptors (Lipinski definition) is 2. The summed E-state index contributed by atoms with van der Waals surface area (Å²) >= 11 is 0. The minimum absolute atomic E-state index is 0.0269. The fraction of sp³-hybridized carbons (Fsp3) is 0.350. The highest BCUT2D eigenvalue weighted by Gasteiger charge is 2.19. The van der Waals surface area contributed by atoms with E-state index in [1.54, 1.807) is 0 Å². The van der Waals surface area contributed by atoms with E-state index in [1.165, 1.54) is 37.7 Å². The molecule has 0 aliphatic heterocycles. The molecule has 2 aromatic carbocycles. The maximum absolute atomic E-state index is 12.2. The largest absolute Gasteiger partial charge is 0.485 e. The topological polar surface area (TPSA) is 26.3 Å². The van der Waals surface area contributed by atoms with E-state index in [9.17, 15) is 4.79 Å². The second-order valence-corrected chi connectivity index (χ2v) is 5.95. The van der Waals surface area contributed by atoms with Crippen LogP contribution in [0.5, 0.6) is 5.75 Å². The molecule has 0 radical (unpaired) electrons. The fourth-order valence-electron chi connectivity index (χ4n) is 3.21. The number of Topliss-reactive ketones (excluding diaryl/α,β-unsaturated/α-hetero) is 1. The molecule has 0 atom stereocenters. The monoisotopic (exact) mass is 294 g/mol. The SMILES string of the molecule is O=C(COc1ccccc1C1CCCCC1)c1ccccc1. The number of carbonyl (C=O) groups is 1. The average Bonchev–Trinajstić information content (AvgIpc) is 2.61. The molecule has 0 spiro atoms. The van der Waals surface area contributed by atoms with Gasteiger partial charge >= 0.3 is 0 Å². The van der Waals surface area contributed by atoms with Crippen molar-refractivity contribution in [2.45, 2.75) is 38.0 Å². The van der Waals surface area contributed by atoms with Crippen molar-refractivity contribution in [2.24, 2.45) is 0 Å². The van der Waals surface area contributed by atoms with Gasteiger partial charge in [-0.25, -0.2) is 0 Å². The van der Waals surface area contributed by atoms with Crippen LogP contribution in [0.15, 0.2) is 54.6 Å². The lowest BCUT2D eigenvalue weighted by Crippen LogP contribution is -2.13. The Bertz CT molecular complexity index is 613. The third-order valence-corrected chi connectivity index (χ3v) is 4.42. The van der Waals surface area contributed by atoms with Crippen LogP contribution in [-0.2, 0) is 0 Å². The first-order valence-corrected chi connectivity index (χ1v) is 8.14. The zero-order valence-electron chi connectivity index (χ0n) is 12.8. The van der Waals surface area contributed by atoms with Crippen LogP contribution in [0.2, 0.25) is 0 Å². The van der Waals surface area contributed by atoms with E-state index in [4.69, 9.17) is 4.74 Å². The summed E-state index contributed by atoms with van der Waals surface area (Å²) in [4.78, 5) is 12.2. The van der Waals surface area contributed by atoms with Crippen molar-refractivity contribution in [1.29, 1.82) is 0 Å². The summed E-state index contributed by atoms with van der Waals surface area (Å²) in [5.41, 5.74) is 1.97. The van der Waals surface area contributed by atoms with E-state index in [0.29, 0.717) is 11.5 Å². The molecule has 1 aliphatic carbocycles. The molecule has 0 saturated heterocycles. The Morgan fingerprint density at radius 1 is 0.909 bits per heavy atom. The Kier molecular flexibility index (Phi) is 4.89. The second kappa shape index (κ2) is 7.26. The summed E-state index contributed by atoms with van der Waals surface area (Å²) in [5, 5.41) is 0. The molecule has 1 aliphatic rings. The van der Waals surface area contributed by atoms with Gasteiger partial charge in [0.1, 0.15) is 5.75 Å². The van der Waals surface area contributed by atoms with Gasteiger partial charge < -0.3 is 4.74 Å². The number of hydrogen-bond donors (Lipinski definition) is 0. The predicted octanol–water partition coefficient (Wildman–Crippen LogP) is 5.00. The third-order valence-electron chi connectivity index (χ3n) is 4.42. The maximum Gasteiger partial charge on any atom is 0.200 e. The number of rotatable bonds is 5. The van der Waals surface area contributed by atoms with Crippen LogP contribution in [0.4, 0.5) is 0 Å². The fourth-order valence-corrected chi connectivity index (χ4v) is 3.21. The van der Waals surface area contributed by atoms with Crippen molar-refractivity contribution >= 4 is 5.78 Å². The standard InChI is InChI=1S/C20H22O2/c21-19(17-11-5-2-6-12-17)15-22-20-14-8-7-13-18(20)16-9-3-1-4-10-16/h2,5-8,11-14,16H,1,3-4,9-10,15H2. The molecule has 0 amide bonds. The van der Waals surface area contributed by atoms with Crippen LogP contribution < -0.4 is 4.74 Å². The van der Waals surface area contributed by atoms with E-state index in [1.807, 2.05) is 42.5 Å². The van der Waals surface area contributed by atoms with Gasteiger partial charge in [-0.3, -0.25) is 4.79 Å². The highest BCUT2D eigenvalue weighted by atomic mass is 16.5. The van der Waals surface area contributed by atoms with Crippen LogP contribution in [0.25, 0.3) is 0 Å². The molecule has 2 aromatic rings. The van der Waals surface area contributed by atoms with Gasteiger partial charge in [0.15, 0.2) is 12.4 Å². The van der Waals surface area contributed by atoms with Crippen molar-refractivity contribution in [1.82, 2.24) is 0 Å². The van der Waals surface area contributed by atoms with Crippen LogP contribution in [0, 0.1) is 0 Å². The lowest BCUT2D eigenvalue weighted by Gasteiger charge is -2.24. The summed E-state index contributed by atoms with van der Waals surface area (Å²) in [7, 11) is 0. The first-order chi connectivity index (χ1) is 10.8. The zero-order chi connectivity index (χ0) is 15.2. The molecule has 0 aromatic heterocycles. The summed E-state index contributed by atoms with van der Waals surface area (Å²) in [6, 6.07) is 17.5. The Labute approximate surface area is 132 Å². The highest BCUT2D eigenvalue weighted by Crippen LogP contribution is 2.37. The highest BCUT2D eigenvalue weighted by molar-refractivity contribution is 5.97. The van der Waals surface area contributed by atoms with Crippen molar-refractivity contribution < 1.29 is 9.53 Å². The average molecular weight is 294 g/mol. The molecular formula is C20H22O2. The van der Waals surface area contributed by atoms with E-state index in [-0.39, 0.29) is 12.4 Å². The Balaban J connectivity index is 1.69. The molecule has 22 heavy (non-hydrogen) atoms. The molecule has 0 bridgehead atoms. The van der Waals surface area contributed by atoms with E-state index in [2.05, 4.69) is 12.1 Å². The van der Waals surface area contributed by atoms with Crippen LogP contribution in [-0.4, -0.2) is 12.4 Å². The summed E-state index contributed by atoms with van der Waals surface area (Å²) in [5.74, 6) is 1.48. The Morgan fingerprint density at radius 3 is 2.36 bits per heavy atom. The number of para-hydroxylation sites is 1. The lowest BCUT2D eigenvalue weighted by molar-refractivity contribution is 0.0920. The first-order valence-electron chi connectivity index (χ1n) is 8.14. The summed E-state index contributed by atoms with van der Waals surface area (Å²) in [6.07, 6.45) is 6.38. The lowest BCUT2D eigenvalue weighted by atomic mass is 9.84. The van der Waals surface area contributed by atoms with E-state index in [0.717, 1.165) is 5.75 Å². The second-order valence-electron chi connectivity index (χ2n) is 5.95. The molecular weight excluding hydrogens is 272 g/mol. The van der Waals surface area contributed by atoms with Crippen LogP contribution in [0.1, 0.15) is 53.9 Å². The minimum atomic E-state index is 0.0269. The predicted molar refractivity (Wildman–Crippen MR) is 88.5 cm³/mol. The number of carbonyl (C=O) groups excluding carboxylic acids is 1. The molecule has 0 unspecified atom stereocenters. The molecule has 1 fully saturated rings. The van der Waals surface area contributed by atoms with Gasteiger partial charge in [-0.05, 0) is 30.4 Å². The van der Waals surface area contributed by atoms with Crippen molar-refractivity contribution in [3.8, 4) is 5.75 Å². The van der Waals surface area contributed by atoms with E-state index < -0.39 is 0 Å². The van der Waals surface area contributed by atoms with Crippen molar-refractivity contribution in [2.75, 3.05) is 6.61 Å². The van der Waals surface area contributed by atoms with Crippen LogP contribution in [0.3, 0.4) is 0 Å². The van der Waals surface area contributed by atoms with Gasteiger partial charge in [0.25, 0.3) is 0 Å². The number of ether oxygens (including phenoxy) is 1. The van der Waals surface area contributed by atoms with Gasteiger partial charge in [-0.15, -0.1) is 0 Å². The minimum Gasteiger partial charge on any atom is -0.485 e. The smallest absolute Gasteiger partial charge is 0.200 e. The van der Waals surface area contributed by atoms with E-state index >= 15 is 0 Å². The number of benzene rings is 2. The Morgan fingerprint density at radius 2 is 1.59 bits per heavy atom.